The number of hydrogen-bond donors (Lipinski definition) is 3. The lowest BCUT2D eigenvalue weighted by molar-refractivity contribution is -0.570. The Morgan fingerprint density at radius 3 is 2.30 bits per heavy atom. The lowest BCUT2D eigenvalue weighted by atomic mass is 9.57. The van der Waals surface area contributed by atoms with Gasteiger partial charge in [-0.3, -0.25) is 14.4 Å². The summed E-state index contributed by atoms with van der Waals surface area (Å²) in [4.78, 5) is 65.0. The smallest absolute Gasteiger partial charge is 0.407 e. The van der Waals surface area contributed by atoms with Crippen molar-refractivity contribution in [2.45, 2.75) is 155 Å². The second-order valence-corrected chi connectivity index (χ2v) is 16.9. The molecule has 14 nitrogen and oxygen atoms in total. The molecule has 4 N–H and O–H groups in total. The van der Waals surface area contributed by atoms with Gasteiger partial charge in [0, 0.05) is 32.0 Å². The van der Waals surface area contributed by atoms with Crippen molar-refractivity contribution in [3.63, 3.8) is 0 Å². The number of nitrogens with two attached hydrogens (primary N) is 1. The normalized spacial score (nSPS) is 32.6. The Morgan fingerprint density at radius 2 is 1.62 bits per heavy atom. The minimum Gasteiger partial charge on any atom is -0.459 e. The second kappa shape index (κ2) is 16.0. The monoisotopic (exact) mass is 710 g/mol. The van der Waals surface area contributed by atoms with E-state index in [1.807, 2.05) is 6.92 Å². The van der Waals surface area contributed by atoms with Gasteiger partial charge in [0.15, 0.2) is 11.9 Å². The number of amides is 3. The lowest BCUT2D eigenvalue weighted by Gasteiger charge is -2.60. The molecular weight excluding hydrogens is 648 g/mol. The van der Waals surface area contributed by atoms with Crippen LogP contribution in [-0.4, -0.2) is 96.0 Å². The summed E-state index contributed by atoms with van der Waals surface area (Å²) in [5, 5.41) is 5.50. The van der Waals surface area contributed by atoms with Gasteiger partial charge in [-0.15, -0.1) is 0 Å². The molecule has 3 amide bonds. The molecule has 50 heavy (non-hydrogen) atoms. The third-order valence-electron chi connectivity index (χ3n) is 10.4. The number of nitrogens with one attached hydrogen (secondary N) is 2. The number of alkyl carbamates (subject to hydrolysis) is 1. The Morgan fingerprint density at radius 1 is 0.920 bits per heavy atom. The van der Waals surface area contributed by atoms with Crippen LogP contribution in [0.25, 0.3) is 0 Å². The molecule has 5 aliphatic rings. The van der Waals surface area contributed by atoms with Crippen LogP contribution in [0.2, 0.25) is 0 Å². The standard InChI is InChI=1S/C36H62N4O10/c1-22-13-14-25-23(2)27(45-31-36(25)24(22)15-16-35(9,47-31)49-50-36)20-28(41)40(21-29(42)46-33(3,4)5)19-18-38-30(43)26(37)12-10-11-17-39-32(44)48-34(6,7)8/h22-27,31H,10-21,37H2,1-9H3,(H,38,43)(H,39,44)/t22-,23-,24+,25+,26+,27-,31-,35-,36-/m1/s1. The Bertz CT molecular complexity index is 1220. The largest absolute Gasteiger partial charge is 0.459 e. The molecule has 1 saturated carbocycles. The highest BCUT2D eigenvalue weighted by Crippen LogP contribution is 2.60. The van der Waals surface area contributed by atoms with Crippen LogP contribution < -0.4 is 16.4 Å². The van der Waals surface area contributed by atoms with Crippen LogP contribution in [0.5, 0.6) is 0 Å². The van der Waals surface area contributed by atoms with Crippen molar-refractivity contribution in [1.82, 2.24) is 15.5 Å². The average molecular weight is 711 g/mol. The molecule has 5 rings (SSSR count). The summed E-state index contributed by atoms with van der Waals surface area (Å²) in [6, 6.07) is -0.764. The topological polar surface area (TPSA) is 177 Å². The Hall–Kier alpha value is -2.52. The van der Waals surface area contributed by atoms with E-state index in [1.54, 1.807) is 41.5 Å². The van der Waals surface area contributed by atoms with Gasteiger partial charge in [0.25, 0.3) is 0 Å². The van der Waals surface area contributed by atoms with E-state index in [-0.39, 0.29) is 55.6 Å². The number of carbonyl (C=O) groups excluding carboxylic acids is 4. The van der Waals surface area contributed by atoms with E-state index in [9.17, 15) is 19.2 Å². The van der Waals surface area contributed by atoms with Crippen LogP contribution in [0.1, 0.15) is 114 Å². The van der Waals surface area contributed by atoms with Gasteiger partial charge >= 0.3 is 12.1 Å². The molecule has 0 aromatic rings. The second-order valence-electron chi connectivity index (χ2n) is 16.9. The van der Waals surface area contributed by atoms with Gasteiger partial charge in [0.1, 0.15) is 17.7 Å². The van der Waals surface area contributed by atoms with Crippen LogP contribution in [0.15, 0.2) is 0 Å². The van der Waals surface area contributed by atoms with Crippen molar-refractivity contribution in [3.05, 3.63) is 0 Å². The highest BCUT2D eigenvalue weighted by Gasteiger charge is 2.69. The fourth-order valence-corrected chi connectivity index (χ4v) is 7.90. The third kappa shape index (κ3) is 10.1. The van der Waals surface area contributed by atoms with Crippen molar-refractivity contribution in [1.29, 1.82) is 0 Å². The molecule has 4 heterocycles. The Labute approximate surface area is 297 Å². The average Bonchev–Trinajstić information content (AvgIpc) is 3.22. The first kappa shape index (κ1) is 40.3. The summed E-state index contributed by atoms with van der Waals surface area (Å²) >= 11 is 0. The zero-order chi connectivity index (χ0) is 37.1. The summed E-state index contributed by atoms with van der Waals surface area (Å²) in [7, 11) is 0. The van der Waals surface area contributed by atoms with E-state index in [1.165, 1.54) is 4.90 Å². The fourth-order valence-electron chi connectivity index (χ4n) is 7.90. The molecule has 4 saturated heterocycles. The first-order valence-electron chi connectivity index (χ1n) is 18.4. The van der Waals surface area contributed by atoms with E-state index in [0.717, 1.165) is 19.3 Å². The number of esters is 1. The van der Waals surface area contributed by atoms with Crippen LogP contribution in [-0.2, 0) is 43.1 Å². The number of carbonyl (C=O) groups is 4. The minimum absolute atomic E-state index is 0.0268. The van der Waals surface area contributed by atoms with Gasteiger partial charge in [0.2, 0.25) is 17.6 Å². The number of rotatable bonds is 13. The highest BCUT2D eigenvalue weighted by atomic mass is 17.3. The molecule has 0 radical (unpaired) electrons. The molecule has 1 spiro atoms. The van der Waals surface area contributed by atoms with E-state index in [2.05, 4.69) is 24.5 Å². The maximum atomic E-state index is 13.9. The lowest BCUT2D eigenvalue weighted by Crippen LogP contribution is -2.70. The van der Waals surface area contributed by atoms with E-state index >= 15 is 0 Å². The maximum absolute atomic E-state index is 13.9. The molecular formula is C36H62N4O10. The highest BCUT2D eigenvalue weighted by molar-refractivity contribution is 5.83. The zero-order valence-corrected chi connectivity index (χ0v) is 31.6. The molecule has 9 atom stereocenters. The van der Waals surface area contributed by atoms with Gasteiger partial charge in [0.05, 0.1) is 18.6 Å². The third-order valence-corrected chi connectivity index (χ3v) is 10.4. The quantitative estimate of drug-likeness (QED) is 0.143. The van der Waals surface area contributed by atoms with Gasteiger partial charge in [-0.25, -0.2) is 14.6 Å². The maximum Gasteiger partial charge on any atom is 0.407 e. The summed E-state index contributed by atoms with van der Waals surface area (Å²) in [6.45, 7) is 17.2. The first-order valence-corrected chi connectivity index (χ1v) is 18.4. The molecule has 4 aliphatic heterocycles. The van der Waals surface area contributed by atoms with Crippen LogP contribution in [0.3, 0.4) is 0 Å². The van der Waals surface area contributed by atoms with E-state index < -0.39 is 53.1 Å². The van der Waals surface area contributed by atoms with Crippen molar-refractivity contribution < 1.29 is 47.9 Å². The number of hydrogen-bond acceptors (Lipinski definition) is 11. The minimum atomic E-state index is -0.925. The zero-order valence-electron chi connectivity index (χ0n) is 31.6. The Kier molecular flexibility index (Phi) is 12.9. The molecule has 1 aliphatic carbocycles. The predicted molar refractivity (Wildman–Crippen MR) is 183 cm³/mol. The molecule has 286 valence electrons. The first-order chi connectivity index (χ1) is 23.2. The molecule has 5 fully saturated rings. The van der Waals surface area contributed by atoms with E-state index in [4.69, 9.17) is 34.5 Å². The number of unbranched alkanes of at least 4 members (excludes halogenated alkanes) is 1. The molecule has 0 unspecified atom stereocenters. The number of fused-ring (bicyclic) bond motifs is 2. The van der Waals surface area contributed by atoms with Gasteiger partial charge < -0.3 is 40.2 Å². The van der Waals surface area contributed by atoms with Crippen molar-refractivity contribution in [3.8, 4) is 0 Å². The molecule has 2 bridgehead atoms. The Balaban J connectivity index is 1.33. The fraction of sp³-hybridized carbons (Fsp3) is 0.889. The van der Waals surface area contributed by atoms with Gasteiger partial charge in [-0.1, -0.05) is 13.8 Å². The molecule has 14 heteroatoms. The van der Waals surface area contributed by atoms with Crippen molar-refractivity contribution in [2.75, 3.05) is 26.2 Å². The number of nitrogens with zero attached hydrogens (tertiary/aromatic N) is 1. The van der Waals surface area contributed by atoms with E-state index in [0.29, 0.717) is 38.1 Å². The van der Waals surface area contributed by atoms with Crippen molar-refractivity contribution in [2.24, 2.45) is 29.4 Å². The van der Waals surface area contributed by atoms with Crippen molar-refractivity contribution >= 4 is 23.9 Å². The molecule has 0 aromatic carbocycles. The SMILES string of the molecule is C[C@H]1[C@@H](CC(=O)N(CCNC(=O)[C@@H](N)CCCCNC(=O)OC(C)(C)C)CC(=O)OC(C)(C)C)O[C@@H]2O[C@@]3(C)CC[C@H]4[C@H](C)CC[C@@H]1[C@@]24OO3. The summed E-state index contributed by atoms with van der Waals surface area (Å²) in [5.74, 6) is -1.46. The van der Waals surface area contributed by atoms with Gasteiger partial charge in [-0.05, 0) is 105 Å². The summed E-state index contributed by atoms with van der Waals surface area (Å²) in [5.41, 5.74) is 4.09. The number of ether oxygens (including phenoxy) is 4. The summed E-state index contributed by atoms with van der Waals surface area (Å²) < 4.78 is 23.8. The van der Waals surface area contributed by atoms with Crippen LogP contribution in [0.4, 0.5) is 4.79 Å². The summed E-state index contributed by atoms with van der Waals surface area (Å²) in [6.07, 6.45) is 3.61. The van der Waals surface area contributed by atoms with Gasteiger partial charge in [-0.2, -0.15) is 0 Å². The van der Waals surface area contributed by atoms with Crippen LogP contribution in [0, 0.1) is 23.7 Å². The molecule has 0 aromatic heterocycles. The predicted octanol–water partition coefficient (Wildman–Crippen LogP) is 3.94. The van der Waals surface area contributed by atoms with Crippen LogP contribution >= 0.6 is 0 Å².